The summed E-state index contributed by atoms with van der Waals surface area (Å²) in [5.41, 5.74) is 3.03. The zero-order valence-corrected chi connectivity index (χ0v) is 19.6. The minimum Gasteiger partial charge on any atom is -0.379 e. The summed E-state index contributed by atoms with van der Waals surface area (Å²) in [4.78, 5) is 14.7. The second-order valence-corrected chi connectivity index (χ2v) is 10.8. The molecule has 174 valence electrons. The molecule has 1 fully saturated rings. The first kappa shape index (κ1) is 20.0. The van der Waals surface area contributed by atoms with Gasteiger partial charge in [-0.25, -0.2) is 15.0 Å². The third-order valence-corrected chi connectivity index (χ3v) is 8.77. The SMILES string of the molecule is C[C@H]1CCCCn2c(CC3COCCn4c([C@H]5CCC6(CC6)n6ccnc65)cnc43)cnc21. The maximum Gasteiger partial charge on any atom is 0.118 e. The van der Waals surface area contributed by atoms with Gasteiger partial charge in [-0.3, -0.25) is 0 Å². The highest BCUT2D eigenvalue weighted by Gasteiger charge is 2.49. The van der Waals surface area contributed by atoms with Gasteiger partial charge in [0, 0.05) is 73.1 Å². The molecule has 1 unspecified atom stereocenters. The second kappa shape index (κ2) is 7.55. The molecule has 0 bridgehead atoms. The Hall–Kier alpha value is -2.41. The van der Waals surface area contributed by atoms with E-state index in [0.717, 1.165) is 32.7 Å². The Kier molecular flexibility index (Phi) is 4.58. The topological polar surface area (TPSA) is 62.7 Å². The Morgan fingerprint density at radius 2 is 1.88 bits per heavy atom. The van der Waals surface area contributed by atoms with E-state index in [4.69, 9.17) is 19.7 Å². The number of nitrogens with zero attached hydrogens (tertiary/aromatic N) is 6. The Morgan fingerprint density at radius 3 is 2.79 bits per heavy atom. The highest BCUT2D eigenvalue weighted by Crippen LogP contribution is 2.54. The molecule has 0 aromatic carbocycles. The third kappa shape index (κ3) is 3.15. The van der Waals surface area contributed by atoms with E-state index in [9.17, 15) is 0 Å². The lowest BCUT2D eigenvalue weighted by molar-refractivity contribution is 0.124. The van der Waals surface area contributed by atoms with Crippen molar-refractivity contribution in [3.63, 3.8) is 0 Å². The van der Waals surface area contributed by atoms with Crippen LogP contribution >= 0.6 is 0 Å². The van der Waals surface area contributed by atoms with Gasteiger partial charge in [0.2, 0.25) is 0 Å². The summed E-state index contributed by atoms with van der Waals surface area (Å²) in [6.45, 7) is 5.77. The van der Waals surface area contributed by atoms with Crippen LogP contribution in [0.15, 0.2) is 24.8 Å². The van der Waals surface area contributed by atoms with Gasteiger partial charge in [0.15, 0.2) is 0 Å². The van der Waals surface area contributed by atoms with Crippen LogP contribution in [0.5, 0.6) is 0 Å². The molecule has 3 aromatic heterocycles. The highest BCUT2D eigenvalue weighted by molar-refractivity contribution is 5.27. The summed E-state index contributed by atoms with van der Waals surface area (Å²) >= 11 is 0. The van der Waals surface area contributed by atoms with Gasteiger partial charge < -0.3 is 18.4 Å². The molecule has 3 atom stereocenters. The fourth-order valence-electron chi connectivity index (χ4n) is 6.75. The molecule has 0 radical (unpaired) electrons. The van der Waals surface area contributed by atoms with E-state index in [1.54, 1.807) is 0 Å². The van der Waals surface area contributed by atoms with Crippen molar-refractivity contribution in [3.8, 4) is 0 Å². The van der Waals surface area contributed by atoms with E-state index < -0.39 is 0 Å². The first-order chi connectivity index (χ1) is 16.2. The van der Waals surface area contributed by atoms with Crippen LogP contribution in [-0.2, 0) is 29.8 Å². The van der Waals surface area contributed by atoms with Crippen LogP contribution < -0.4 is 0 Å². The first-order valence-electron chi connectivity index (χ1n) is 12.9. The van der Waals surface area contributed by atoms with E-state index in [2.05, 4.69) is 39.2 Å². The van der Waals surface area contributed by atoms with E-state index >= 15 is 0 Å². The van der Waals surface area contributed by atoms with Crippen molar-refractivity contribution < 1.29 is 4.74 Å². The molecule has 4 aliphatic rings. The summed E-state index contributed by atoms with van der Waals surface area (Å²) in [5.74, 6) is 4.83. The minimum atomic E-state index is 0.263. The molecule has 7 nitrogen and oxygen atoms in total. The van der Waals surface area contributed by atoms with Gasteiger partial charge in [-0.15, -0.1) is 0 Å². The van der Waals surface area contributed by atoms with Crippen molar-refractivity contribution >= 4 is 0 Å². The fraction of sp³-hybridized carbons (Fsp3) is 0.654. The quantitative estimate of drug-likeness (QED) is 0.601. The molecule has 1 spiro atoms. The molecule has 1 aliphatic carbocycles. The lowest BCUT2D eigenvalue weighted by Gasteiger charge is -2.31. The number of rotatable bonds is 3. The summed E-state index contributed by atoms with van der Waals surface area (Å²) in [6.07, 6.45) is 18.2. The molecule has 3 aromatic rings. The zero-order valence-electron chi connectivity index (χ0n) is 19.6. The van der Waals surface area contributed by atoms with E-state index in [0.29, 0.717) is 17.4 Å². The minimum absolute atomic E-state index is 0.263. The standard InChI is InChI=1S/C26H34N6O/c1-18-4-2-3-10-30-20(15-28-23(18)30)14-19-17-33-13-12-31-22(16-29-24(19)31)21-5-6-26(7-8-26)32-11-9-27-25(21)32/h9,11,15-16,18-19,21H,2-8,10,12-14,17H2,1H3/t18-,19?,21+/m0/s1. The van der Waals surface area contributed by atoms with E-state index in [-0.39, 0.29) is 5.92 Å². The van der Waals surface area contributed by atoms with Crippen molar-refractivity contribution in [1.82, 2.24) is 28.7 Å². The molecule has 6 heterocycles. The maximum atomic E-state index is 6.12. The number of hydrogen-bond acceptors (Lipinski definition) is 4. The maximum absolute atomic E-state index is 6.12. The van der Waals surface area contributed by atoms with Crippen LogP contribution in [0.25, 0.3) is 0 Å². The second-order valence-electron chi connectivity index (χ2n) is 10.8. The van der Waals surface area contributed by atoms with E-state index in [1.807, 2.05) is 6.20 Å². The lowest BCUT2D eigenvalue weighted by Crippen LogP contribution is -2.28. The van der Waals surface area contributed by atoms with Crippen LogP contribution in [0.4, 0.5) is 0 Å². The van der Waals surface area contributed by atoms with Crippen LogP contribution in [0.1, 0.15) is 98.5 Å². The van der Waals surface area contributed by atoms with Crippen molar-refractivity contribution in [2.24, 2.45) is 0 Å². The van der Waals surface area contributed by atoms with Gasteiger partial charge in [0.25, 0.3) is 0 Å². The Morgan fingerprint density at radius 1 is 0.970 bits per heavy atom. The largest absolute Gasteiger partial charge is 0.379 e. The molecular weight excluding hydrogens is 412 g/mol. The van der Waals surface area contributed by atoms with Crippen molar-refractivity contribution in [1.29, 1.82) is 0 Å². The van der Waals surface area contributed by atoms with Crippen LogP contribution in [-0.4, -0.2) is 41.9 Å². The number of aromatic nitrogens is 6. The number of imidazole rings is 3. The van der Waals surface area contributed by atoms with E-state index in [1.165, 1.54) is 73.8 Å². The highest BCUT2D eigenvalue weighted by atomic mass is 16.5. The molecule has 7 rings (SSSR count). The number of hydrogen-bond donors (Lipinski definition) is 0. The van der Waals surface area contributed by atoms with Crippen LogP contribution in [0.3, 0.4) is 0 Å². The molecule has 33 heavy (non-hydrogen) atoms. The van der Waals surface area contributed by atoms with Crippen molar-refractivity contribution in [2.45, 2.75) is 94.7 Å². The zero-order chi connectivity index (χ0) is 22.0. The normalized spacial score (nSPS) is 28.0. The Labute approximate surface area is 195 Å². The van der Waals surface area contributed by atoms with Gasteiger partial charge in [-0.05, 0) is 38.5 Å². The average molecular weight is 447 g/mol. The molecule has 1 saturated carbocycles. The lowest BCUT2D eigenvalue weighted by atomic mass is 9.90. The predicted molar refractivity (Wildman–Crippen MR) is 124 cm³/mol. The monoisotopic (exact) mass is 446 g/mol. The van der Waals surface area contributed by atoms with Crippen LogP contribution in [0.2, 0.25) is 0 Å². The van der Waals surface area contributed by atoms with Crippen LogP contribution in [0, 0.1) is 0 Å². The molecule has 0 saturated heterocycles. The van der Waals surface area contributed by atoms with Gasteiger partial charge in [0.05, 0.1) is 19.1 Å². The first-order valence-corrected chi connectivity index (χ1v) is 12.9. The predicted octanol–water partition coefficient (Wildman–Crippen LogP) is 4.33. The molecular formula is C26H34N6O. The van der Waals surface area contributed by atoms with Crippen molar-refractivity contribution in [3.05, 3.63) is 53.6 Å². The molecule has 7 heteroatoms. The molecule has 0 amide bonds. The smallest absolute Gasteiger partial charge is 0.118 e. The Balaban J connectivity index is 1.22. The molecule has 3 aliphatic heterocycles. The summed E-state index contributed by atoms with van der Waals surface area (Å²) in [5, 5.41) is 0. The average Bonchev–Trinajstić information content (AvgIpc) is 3.15. The number of ether oxygens (including phenoxy) is 1. The van der Waals surface area contributed by atoms with Crippen molar-refractivity contribution in [2.75, 3.05) is 13.2 Å². The summed E-state index contributed by atoms with van der Waals surface area (Å²) < 4.78 is 13.6. The summed E-state index contributed by atoms with van der Waals surface area (Å²) in [6, 6.07) is 0. The van der Waals surface area contributed by atoms with Gasteiger partial charge in [0.1, 0.15) is 17.5 Å². The van der Waals surface area contributed by atoms with Gasteiger partial charge in [-0.1, -0.05) is 13.3 Å². The Bertz CT molecular complexity index is 1170. The van der Waals surface area contributed by atoms with Gasteiger partial charge in [-0.2, -0.15) is 0 Å². The summed E-state index contributed by atoms with van der Waals surface area (Å²) in [7, 11) is 0. The number of fused-ring (bicyclic) bond motifs is 4. The molecule has 0 N–H and O–H groups in total. The fourth-order valence-corrected chi connectivity index (χ4v) is 6.75. The van der Waals surface area contributed by atoms with Gasteiger partial charge >= 0.3 is 0 Å². The third-order valence-electron chi connectivity index (χ3n) is 8.77.